The molecule has 0 saturated carbocycles. The summed E-state index contributed by atoms with van der Waals surface area (Å²) in [6.45, 7) is 0.895. The predicted molar refractivity (Wildman–Crippen MR) is 88.3 cm³/mol. The van der Waals surface area contributed by atoms with E-state index in [1.54, 1.807) is 36.4 Å². The second kappa shape index (κ2) is 6.88. The molecule has 2 aromatic rings. The van der Waals surface area contributed by atoms with Crippen LogP contribution in [0.25, 0.3) is 6.08 Å². The maximum Gasteiger partial charge on any atom is 0.203 e. The number of fused-ring (bicyclic) bond motifs is 1. The summed E-state index contributed by atoms with van der Waals surface area (Å²) in [5.41, 5.74) is 1.15. The Labute approximate surface area is 139 Å². The summed E-state index contributed by atoms with van der Waals surface area (Å²) < 4.78 is 16.4. The highest BCUT2D eigenvalue weighted by molar-refractivity contribution is 6.14. The van der Waals surface area contributed by atoms with Crippen LogP contribution in [0.5, 0.6) is 17.2 Å². The van der Waals surface area contributed by atoms with Crippen molar-refractivity contribution in [3.05, 3.63) is 59.2 Å². The van der Waals surface area contributed by atoms with Crippen molar-refractivity contribution in [3.8, 4) is 23.3 Å². The Morgan fingerprint density at radius 2 is 1.96 bits per heavy atom. The fourth-order valence-corrected chi connectivity index (χ4v) is 2.44. The smallest absolute Gasteiger partial charge is 0.203 e. The van der Waals surface area contributed by atoms with Crippen molar-refractivity contribution < 1.29 is 19.0 Å². The van der Waals surface area contributed by atoms with Gasteiger partial charge in [0.1, 0.15) is 24.9 Å². The molecule has 0 fully saturated rings. The van der Waals surface area contributed by atoms with E-state index in [1.165, 1.54) is 13.2 Å². The Balaban J connectivity index is 2.00. The molecule has 1 heterocycles. The SMILES string of the molecule is COc1cc(/C=C(\C#N)C(=O)c2ccccc2)cc2c1OCCO2. The molecule has 0 radical (unpaired) electrons. The van der Waals surface area contributed by atoms with Crippen molar-refractivity contribution in [1.29, 1.82) is 5.26 Å². The minimum Gasteiger partial charge on any atom is -0.493 e. The molecule has 1 aliphatic rings. The number of rotatable bonds is 4. The summed E-state index contributed by atoms with van der Waals surface area (Å²) in [5, 5.41) is 9.36. The first kappa shape index (κ1) is 15.6. The van der Waals surface area contributed by atoms with Gasteiger partial charge >= 0.3 is 0 Å². The van der Waals surface area contributed by atoms with Gasteiger partial charge in [-0.3, -0.25) is 4.79 Å². The lowest BCUT2D eigenvalue weighted by Gasteiger charge is -2.21. The molecular formula is C19H15NO4. The number of carbonyl (C=O) groups is 1. The van der Waals surface area contributed by atoms with Gasteiger partial charge in [-0.2, -0.15) is 5.26 Å². The largest absolute Gasteiger partial charge is 0.493 e. The van der Waals surface area contributed by atoms with Crippen LogP contribution in [0.1, 0.15) is 15.9 Å². The molecule has 1 aliphatic heterocycles. The maximum atomic E-state index is 12.4. The molecule has 5 heteroatoms. The van der Waals surface area contributed by atoms with Gasteiger partial charge in [-0.25, -0.2) is 0 Å². The van der Waals surface area contributed by atoms with Gasteiger partial charge in [0, 0.05) is 5.56 Å². The van der Waals surface area contributed by atoms with E-state index < -0.39 is 0 Å². The number of nitrogens with zero attached hydrogens (tertiary/aromatic N) is 1. The van der Waals surface area contributed by atoms with Crippen LogP contribution in [0.3, 0.4) is 0 Å². The highest BCUT2D eigenvalue weighted by Crippen LogP contribution is 2.40. The Morgan fingerprint density at radius 3 is 2.67 bits per heavy atom. The Kier molecular flexibility index (Phi) is 4.48. The zero-order valence-corrected chi connectivity index (χ0v) is 13.1. The zero-order valence-electron chi connectivity index (χ0n) is 13.1. The first-order chi connectivity index (χ1) is 11.7. The third-order valence-corrected chi connectivity index (χ3v) is 3.56. The number of carbonyl (C=O) groups excluding carboxylic acids is 1. The Bertz CT molecular complexity index is 817. The molecule has 24 heavy (non-hydrogen) atoms. The number of Topliss-reactive ketones (excluding diaryl/α,β-unsaturated/α-hetero) is 1. The van der Waals surface area contributed by atoms with Crippen LogP contribution in [-0.4, -0.2) is 26.1 Å². The lowest BCUT2D eigenvalue weighted by atomic mass is 10.0. The Hall–Kier alpha value is -3.26. The van der Waals surface area contributed by atoms with Crippen molar-refractivity contribution in [2.45, 2.75) is 0 Å². The number of benzene rings is 2. The minimum atomic E-state index is -0.327. The van der Waals surface area contributed by atoms with E-state index >= 15 is 0 Å². The third-order valence-electron chi connectivity index (χ3n) is 3.56. The molecule has 0 spiro atoms. The summed E-state index contributed by atoms with van der Waals surface area (Å²) in [4.78, 5) is 12.4. The van der Waals surface area contributed by atoms with Crippen LogP contribution in [0.4, 0.5) is 0 Å². The van der Waals surface area contributed by atoms with E-state index in [0.29, 0.717) is 41.6 Å². The number of methoxy groups -OCH3 is 1. The number of ketones is 1. The second-order valence-electron chi connectivity index (χ2n) is 5.11. The van der Waals surface area contributed by atoms with Crippen LogP contribution >= 0.6 is 0 Å². The van der Waals surface area contributed by atoms with Crippen LogP contribution in [0.15, 0.2) is 48.0 Å². The molecule has 0 amide bonds. The summed E-state index contributed by atoms with van der Waals surface area (Å²) >= 11 is 0. The maximum absolute atomic E-state index is 12.4. The number of hydrogen-bond donors (Lipinski definition) is 0. The summed E-state index contributed by atoms with van der Waals surface area (Å²) in [7, 11) is 1.53. The summed E-state index contributed by atoms with van der Waals surface area (Å²) in [6, 6.07) is 14.1. The highest BCUT2D eigenvalue weighted by atomic mass is 16.6. The van der Waals surface area contributed by atoms with Gasteiger partial charge in [-0.05, 0) is 23.8 Å². The molecule has 0 aliphatic carbocycles. The van der Waals surface area contributed by atoms with E-state index in [1.807, 2.05) is 12.1 Å². The molecule has 120 valence electrons. The normalized spacial score (nSPS) is 13.1. The van der Waals surface area contributed by atoms with E-state index in [2.05, 4.69) is 0 Å². The van der Waals surface area contributed by atoms with Gasteiger partial charge in [0.15, 0.2) is 11.5 Å². The monoisotopic (exact) mass is 321 g/mol. The fourth-order valence-electron chi connectivity index (χ4n) is 2.44. The van der Waals surface area contributed by atoms with E-state index in [-0.39, 0.29) is 11.4 Å². The molecule has 0 atom stereocenters. The molecule has 2 aromatic carbocycles. The molecule has 0 N–H and O–H groups in total. The van der Waals surface area contributed by atoms with Crippen molar-refractivity contribution in [1.82, 2.24) is 0 Å². The summed E-state index contributed by atoms with van der Waals surface area (Å²) in [6.07, 6.45) is 1.52. The molecule has 5 nitrogen and oxygen atoms in total. The topological polar surface area (TPSA) is 68.5 Å². The van der Waals surface area contributed by atoms with Crippen molar-refractivity contribution in [2.24, 2.45) is 0 Å². The molecule has 0 aromatic heterocycles. The number of allylic oxidation sites excluding steroid dienone is 1. The van der Waals surface area contributed by atoms with Gasteiger partial charge in [-0.1, -0.05) is 30.3 Å². The lowest BCUT2D eigenvalue weighted by Crippen LogP contribution is -2.16. The lowest BCUT2D eigenvalue weighted by molar-refractivity contribution is 0.104. The standard InChI is InChI=1S/C19H15NO4/c1-22-16-10-13(11-17-19(16)24-8-7-23-17)9-15(12-20)18(21)14-5-3-2-4-6-14/h2-6,9-11H,7-8H2,1H3/b15-9+. The zero-order chi connectivity index (χ0) is 16.9. The van der Waals surface area contributed by atoms with Crippen LogP contribution < -0.4 is 14.2 Å². The van der Waals surface area contributed by atoms with Crippen LogP contribution in [-0.2, 0) is 0 Å². The van der Waals surface area contributed by atoms with E-state index in [0.717, 1.165) is 0 Å². The van der Waals surface area contributed by atoms with Gasteiger partial charge in [0.25, 0.3) is 0 Å². The first-order valence-corrected chi connectivity index (χ1v) is 7.42. The van der Waals surface area contributed by atoms with Gasteiger partial charge in [-0.15, -0.1) is 0 Å². The van der Waals surface area contributed by atoms with Gasteiger partial charge < -0.3 is 14.2 Å². The number of ether oxygens (including phenoxy) is 3. The highest BCUT2D eigenvalue weighted by Gasteiger charge is 2.19. The summed E-state index contributed by atoms with van der Waals surface area (Å²) in [5.74, 6) is 1.25. The number of nitriles is 1. The van der Waals surface area contributed by atoms with Crippen molar-refractivity contribution in [3.63, 3.8) is 0 Å². The molecular weight excluding hydrogens is 306 g/mol. The van der Waals surface area contributed by atoms with Gasteiger partial charge in [0.2, 0.25) is 11.5 Å². The van der Waals surface area contributed by atoms with Crippen molar-refractivity contribution >= 4 is 11.9 Å². The second-order valence-corrected chi connectivity index (χ2v) is 5.11. The predicted octanol–water partition coefficient (Wildman–Crippen LogP) is 3.26. The van der Waals surface area contributed by atoms with Gasteiger partial charge in [0.05, 0.1) is 7.11 Å². The Morgan fingerprint density at radius 1 is 1.21 bits per heavy atom. The first-order valence-electron chi connectivity index (χ1n) is 7.42. The molecule has 0 unspecified atom stereocenters. The average molecular weight is 321 g/mol. The third kappa shape index (κ3) is 3.08. The fraction of sp³-hybridized carbons (Fsp3) is 0.158. The quantitative estimate of drug-likeness (QED) is 0.491. The minimum absolute atomic E-state index is 0.0416. The van der Waals surface area contributed by atoms with Crippen LogP contribution in [0.2, 0.25) is 0 Å². The average Bonchev–Trinajstić information content (AvgIpc) is 2.65. The van der Waals surface area contributed by atoms with E-state index in [4.69, 9.17) is 14.2 Å². The van der Waals surface area contributed by atoms with Crippen LogP contribution in [0, 0.1) is 11.3 Å². The number of hydrogen-bond acceptors (Lipinski definition) is 5. The molecule has 0 bridgehead atoms. The molecule has 0 saturated heterocycles. The van der Waals surface area contributed by atoms with E-state index in [9.17, 15) is 10.1 Å². The van der Waals surface area contributed by atoms with Crippen molar-refractivity contribution in [2.75, 3.05) is 20.3 Å². The molecule has 3 rings (SSSR count).